The number of benzene rings is 1. The molecule has 4 rings (SSSR count). The molecule has 1 aliphatic heterocycles. The molecule has 1 aromatic heterocycles. The lowest BCUT2D eigenvalue weighted by Crippen LogP contribution is -2.46. The third-order valence-corrected chi connectivity index (χ3v) is 7.55. The van der Waals surface area contributed by atoms with Crippen LogP contribution >= 0.6 is 0 Å². The van der Waals surface area contributed by atoms with Crippen molar-refractivity contribution in [2.75, 3.05) is 83.1 Å². The summed E-state index contributed by atoms with van der Waals surface area (Å²) < 4.78 is 5.77. The number of ether oxygens (including phenoxy) is 1. The summed E-state index contributed by atoms with van der Waals surface area (Å²) in [7, 11) is 7.65. The second-order valence-corrected chi connectivity index (χ2v) is 10.3. The fourth-order valence-electron chi connectivity index (χ4n) is 5.00. The number of carbonyl (C=O) groups excluding carboxylic acids is 1. The van der Waals surface area contributed by atoms with Crippen LogP contribution in [0.5, 0.6) is 5.75 Å². The summed E-state index contributed by atoms with van der Waals surface area (Å²) >= 11 is 0. The van der Waals surface area contributed by atoms with Crippen molar-refractivity contribution in [1.29, 1.82) is 5.41 Å². The van der Waals surface area contributed by atoms with Crippen molar-refractivity contribution >= 4 is 35.0 Å². The highest BCUT2D eigenvalue weighted by Crippen LogP contribution is 2.38. The summed E-state index contributed by atoms with van der Waals surface area (Å²) in [4.78, 5) is 28.3. The van der Waals surface area contributed by atoms with Gasteiger partial charge in [-0.25, -0.2) is 9.97 Å². The predicted molar refractivity (Wildman–Crippen MR) is 166 cm³/mol. The third kappa shape index (κ3) is 7.50. The van der Waals surface area contributed by atoms with Gasteiger partial charge in [-0.3, -0.25) is 9.69 Å². The largest absolute Gasteiger partial charge is 0.494 e. The molecule has 41 heavy (non-hydrogen) atoms. The molecule has 218 valence electrons. The maximum Gasteiger partial charge on any atom is 0.247 e. The first-order valence-corrected chi connectivity index (χ1v) is 13.8. The Kier molecular flexibility index (Phi) is 10.1. The third-order valence-electron chi connectivity index (χ3n) is 7.55. The zero-order valence-electron chi connectivity index (χ0n) is 24.4. The highest BCUT2D eigenvalue weighted by atomic mass is 16.5. The van der Waals surface area contributed by atoms with Gasteiger partial charge in [-0.2, -0.15) is 0 Å². The Morgan fingerprint density at radius 3 is 2.68 bits per heavy atom. The van der Waals surface area contributed by atoms with Gasteiger partial charge in [0.15, 0.2) is 0 Å². The maximum atomic E-state index is 12.4. The molecule has 2 aromatic rings. The monoisotopic (exact) mass is 559 g/mol. The van der Waals surface area contributed by atoms with Gasteiger partial charge in [0, 0.05) is 88.9 Å². The molecule has 1 amide bonds. The fourth-order valence-corrected chi connectivity index (χ4v) is 5.00. The van der Waals surface area contributed by atoms with Gasteiger partial charge in [0.05, 0.1) is 29.9 Å². The lowest BCUT2D eigenvalue weighted by Gasteiger charge is -2.34. The number of nitrogens with zero attached hydrogens (tertiary/aromatic N) is 5. The minimum absolute atomic E-state index is 0.0466. The molecule has 2 heterocycles. The number of allylic oxidation sites excluding steroid dienone is 3. The zero-order chi connectivity index (χ0) is 29.4. The number of rotatable bonds is 12. The Labute approximate surface area is 242 Å². The summed E-state index contributed by atoms with van der Waals surface area (Å²) in [6.07, 6.45) is 9.01. The number of hydrogen-bond donors (Lipinski definition) is 4. The minimum atomic E-state index is -0.291. The highest BCUT2D eigenvalue weighted by molar-refractivity contribution is 6.02. The van der Waals surface area contributed by atoms with Crippen molar-refractivity contribution in [1.82, 2.24) is 25.1 Å². The van der Waals surface area contributed by atoms with E-state index in [1.807, 2.05) is 38.4 Å². The van der Waals surface area contributed by atoms with E-state index in [4.69, 9.17) is 10.1 Å². The van der Waals surface area contributed by atoms with Gasteiger partial charge in [-0.1, -0.05) is 18.7 Å². The topological polar surface area (TPSA) is 122 Å². The number of nitrogens with one attached hydrogen (secondary N) is 4. The lowest BCUT2D eigenvalue weighted by atomic mass is 9.91. The number of likely N-dealkylation sites (N-methyl/N-ethyl adjacent to an activating group) is 3. The molecule has 1 unspecified atom stereocenters. The number of carbonyl (C=O) groups is 1. The van der Waals surface area contributed by atoms with Gasteiger partial charge < -0.3 is 35.9 Å². The molecule has 11 nitrogen and oxygen atoms in total. The Balaban J connectivity index is 1.57. The van der Waals surface area contributed by atoms with Crippen LogP contribution in [-0.4, -0.2) is 99.4 Å². The van der Waals surface area contributed by atoms with E-state index in [2.05, 4.69) is 60.3 Å². The maximum absolute atomic E-state index is 12.4. The Bertz CT molecular complexity index is 1320. The van der Waals surface area contributed by atoms with Crippen LogP contribution in [0.1, 0.15) is 18.0 Å². The number of aromatic nitrogens is 2. The van der Waals surface area contributed by atoms with Gasteiger partial charge in [-0.05, 0) is 25.6 Å². The lowest BCUT2D eigenvalue weighted by molar-refractivity contribution is -0.111. The number of anilines is 4. The van der Waals surface area contributed by atoms with Gasteiger partial charge in [0.2, 0.25) is 5.91 Å². The van der Waals surface area contributed by atoms with Crippen molar-refractivity contribution in [2.24, 2.45) is 0 Å². The van der Waals surface area contributed by atoms with Gasteiger partial charge in [0.1, 0.15) is 17.9 Å². The molecule has 1 atom stereocenters. The van der Waals surface area contributed by atoms with Crippen LogP contribution in [-0.2, 0) is 4.79 Å². The van der Waals surface area contributed by atoms with Crippen molar-refractivity contribution in [3.8, 4) is 5.75 Å². The van der Waals surface area contributed by atoms with Crippen LogP contribution in [0.3, 0.4) is 0 Å². The van der Waals surface area contributed by atoms with Crippen molar-refractivity contribution in [2.45, 2.75) is 12.3 Å². The molecule has 2 aliphatic rings. The molecule has 1 aliphatic carbocycles. The molecule has 0 bridgehead atoms. The van der Waals surface area contributed by atoms with Crippen molar-refractivity contribution in [3.63, 3.8) is 0 Å². The van der Waals surface area contributed by atoms with Crippen LogP contribution in [0.15, 0.2) is 60.6 Å². The van der Waals surface area contributed by atoms with E-state index in [-0.39, 0.29) is 11.8 Å². The van der Waals surface area contributed by atoms with E-state index in [9.17, 15) is 4.79 Å². The molecule has 1 aromatic carbocycles. The summed E-state index contributed by atoms with van der Waals surface area (Å²) in [6.45, 7) is 9.56. The standard InChI is InChI=1S/C30H41N9O2/c1-6-30(40)36-25-16-26(28(41-5)18-27(25)38(4)11-14-39-12-9-37(3)10-13-39)35-29-17-24(33-20-34-29)21-7-8-22(19-31)23(15-21)32-2/h6,8,15-21,31-32H,1,7,9-14H2,2-5H3,(H,36,40)(H,33,34,35). The normalized spacial score (nSPS) is 17.6. The van der Waals surface area contributed by atoms with Gasteiger partial charge in [0.25, 0.3) is 0 Å². The zero-order valence-corrected chi connectivity index (χ0v) is 24.4. The van der Waals surface area contributed by atoms with E-state index in [1.165, 1.54) is 18.6 Å². The van der Waals surface area contributed by atoms with E-state index in [0.29, 0.717) is 22.9 Å². The molecular weight excluding hydrogens is 518 g/mol. The van der Waals surface area contributed by atoms with Crippen LogP contribution in [0.25, 0.3) is 0 Å². The van der Waals surface area contributed by atoms with Gasteiger partial charge in [-0.15, -0.1) is 0 Å². The quantitative estimate of drug-likeness (QED) is 0.229. The molecule has 4 N–H and O–H groups in total. The Hall–Kier alpha value is -4.22. The van der Waals surface area contributed by atoms with E-state index in [0.717, 1.165) is 68.3 Å². The van der Waals surface area contributed by atoms with E-state index < -0.39 is 0 Å². The first-order valence-electron chi connectivity index (χ1n) is 13.8. The Morgan fingerprint density at radius 2 is 2.00 bits per heavy atom. The number of hydrogen-bond acceptors (Lipinski definition) is 10. The SMILES string of the molecule is C=CC(=O)Nc1cc(Nc2cc(C3C=C(NC)C(C=N)=CC3)ncn2)c(OC)cc1N(C)CCN1CCN(C)CC1. The van der Waals surface area contributed by atoms with Crippen LogP contribution in [0.2, 0.25) is 0 Å². The number of methoxy groups -OCH3 is 1. The number of amides is 1. The molecule has 11 heteroatoms. The fraction of sp³-hybridized carbons (Fsp3) is 0.400. The molecular formula is C30H41N9O2. The summed E-state index contributed by atoms with van der Waals surface area (Å²) in [5.74, 6) is 0.981. The van der Waals surface area contributed by atoms with Crippen LogP contribution in [0, 0.1) is 5.41 Å². The summed E-state index contributed by atoms with van der Waals surface area (Å²) in [5.41, 5.74) is 4.78. The molecule has 0 radical (unpaired) electrons. The van der Waals surface area contributed by atoms with Crippen LogP contribution < -0.4 is 25.6 Å². The minimum Gasteiger partial charge on any atom is -0.494 e. The average Bonchev–Trinajstić information content (AvgIpc) is 3.00. The summed E-state index contributed by atoms with van der Waals surface area (Å²) in [6, 6.07) is 5.71. The van der Waals surface area contributed by atoms with E-state index in [1.54, 1.807) is 7.11 Å². The first-order chi connectivity index (χ1) is 19.8. The average molecular weight is 560 g/mol. The van der Waals surface area contributed by atoms with Gasteiger partial charge >= 0.3 is 0 Å². The van der Waals surface area contributed by atoms with Crippen molar-refractivity contribution in [3.05, 3.63) is 66.3 Å². The van der Waals surface area contributed by atoms with E-state index >= 15 is 0 Å². The first kappa shape index (κ1) is 29.8. The number of piperazine rings is 1. The molecule has 0 saturated carbocycles. The van der Waals surface area contributed by atoms with Crippen LogP contribution in [0.4, 0.5) is 22.9 Å². The second-order valence-electron chi connectivity index (χ2n) is 10.3. The molecule has 1 fully saturated rings. The molecule has 1 saturated heterocycles. The van der Waals surface area contributed by atoms with Crippen molar-refractivity contribution < 1.29 is 9.53 Å². The summed E-state index contributed by atoms with van der Waals surface area (Å²) in [5, 5.41) is 17.1. The highest BCUT2D eigenvalue weighted by Gasteiger charge is 2.20. The predicted octanol–water partition coefficient (Wildman–Crippen LogP) is 3.20. The smallest absolute Gasteiger partial charge is 0.247 e. The second kappa shape index (κ2) is 13.9. The molecule has 0 spiro atoms. The Morgan fingerprint density at radius 1 is 1.22 bits per heavy atom.